The van der Waals surface area contributed by atoms with E-state index in [2.05, 4.69) is 10.6 Å². The zero-order chi connectivity index (χ0) is 14.5. The molecule has 1 aromatic heterocycles. The van der Waals surface area contributed by atoms with Gasteiger partial charge in [0.15, 0.2) is 11.2 Å². The van der Waals surface area contributed by atoms with Crippen LogP contribution in [0.3, 0.4) is 0 Å². The maximum absolute atomic E-state index is 11.9. The largest absolute Gasteiger partial charge is 0.451 e. The molecule has 0 fully saturated rings. The molecule has 1 amide bonds. The minimum absolute atomic E-state index is 0.0400. The highest BCUT2D eigenvalue weighted by atomic mass is 16.3. The number of rotatable bonds is 5. The van der Waals surface area contributed by atoms with Crippen LogP contribution in [0, 0.1) is 0 Å². The van der Waals surface area contributed by atoms with Crippen LogP contribution in [0.4, 0.5) is 0 Å². The van der Waals surface area contributed by atoms with Crippen molar-refractivity contribution in [1.29, 1.82) is 0 Å². The second-order valence-corrected chi connectivity index (χ2v) is 4.84. The molecule has 20 heavy (non-hydrogen) atoms. The average Bonchev–Trinajstić information content (AvgIpc) is 2.43. The Balaban J connectivity index is 2.09. The third-order valence-electron chi connectivity index (χ3n) is 2.82. The lowest BCUT2D eigenvalue weighted by Crippen LogP contribution is -2.34. The number of nitrogens with one attached hydrogen (secondary N) is 2. The molecule has 0 spiro atoms. The lowest BCUT2D eigenvalue weighted by atomic mass is 10.2. The molecule has 0 radical (unpaired) electrons. The summed E-state index contributed by atoms with van der Waals surface area (Å²) in [6.45, 7) is 5.21. The van der Waals surface area contributed by atoms with E-state index in [4.69, 9.17) is 4.42 Å². The number of benzene rings is 1. The molecule has 0 unspecified atom stereocenters. The van der Waals surface area contributed by atoms with E-state index in [9.17, 15) is 9.59 Å². The normalized spacial score (nSPS) is 10.9. The highest BCUT2D eigenvalue weighted by Crippen LogP contribution is 2.11. The van der Waals surface area contributed by atoms with E-state index in [-0.39, 0.29) is 17.1 Å². The topological polar surface area (TPSA) is 71.3 Å². The molecule has 0 aliphatic carbocycles. The van der Waals surface area contributed by atoms with Crippen LogP contribution in [0.25, 0.3) is 11.0 Å². The van der Waals surface area contributed by atoms with Crippen molar-refractivity contribution in [1.82, 2.24) is 10.6 Å². The molecule has 5 nitrogen and oxygen atoms in total. The lowest BCUT2D eigenvalue weighted by Gasteiger charge is -2.08. The fraction of sp³-hybridized carbons (Fsp3) is 0.333. The van der Waals surface area contributed by atoms with Gasteiger partial charge in [0.05, 0.1) is 5.39 Å². The fourth-order valence-electron chi connectivity index (χ4n) is 1.84. The molecule has 0 aliphatic rings. The van der Waals surface area contributed by atoms with Crippen LogP contribution in [0.1, 0.15) is 24.4 Å². The Morgan fingerprint density at radius 1 is 1.25 bits per heavy atom. The predicted molar refractivity (Wildman–Crippen MR) is 78.0 cm³/mol. The second kappa shape index (κ2) is 6.34. The summed E-state index contributed by atoms with van der Waals surface area (Å²) in [5.74, 6) is -0.336. The van der Waals surface area contributed by atoms with Crippen molar-refractivity contribution >= 4 is 16.9 Å². The summed E-state index contributed by atoms with van der Waals surface area (Å²) in [7, 11) is 0. The molecule has 1 heterocycles. The van der Waals surface area contributed by atoms with Crippen molar-refractivity contribution in [3.8, 4) is 0 Å². The number of para-hydroxylation sites is 1. The molecule has 2 aromatic rings. The molecular weight excluding hydrogens is 256 g/mol. The maximum atomic E-state index is 11.9. The molecule has 0 bridgehead atoms. The minimum atomic E-state index is -0.376. The van der Waals surface area contributed by atoms with Gasteiger partial charge in [0.25, 0.3) is 5.91 Å². The number of amides is 1. The van der Waals surface area contributed by atoms with Gasteiger partial charge in [-0.05, 0) is 12.1 Å². The van der Waals surface area contributed by atoms with E-state index < -0.39 is 0 Å². The Morgan fingerprint density at radius 3 is 2.75 bits per heavy atom. The molecule has 5 heteroatoms. The number of carbonyl (C=O) groups excluding carboxylic acids is 1. The van der Waals surface area contributed by atoms with E-state index in [0.29, 0.717) is 30.1 Å². The summed E-state index contributed by atoms with van der Waals surface area (Å²) in [6.07, 6.45) is 0. The Bertz CT molecular complexity index is 661. The third kappa shape index (κ3) is 3.45. The minimum Gasteiger partial charge on any atom is -0.451 e. The molecule has 0 saturated carbocycles. The Labute approximate surface area is 117 Å². The van der Waals surface area contributed by atoms with Crippen LogP contribution in [-0.2, 0) is 0 Å². The molecule has 0 aliphatic heterocycles. The molecular formula is C15H18N2O3. The SMILES string of the molecule is CC(C)NCCNC(=O)c1cc(=O)c2ccccc2o1. The highest BCUT2D eigenvalue weighted by molar-refractivity contribution is 5.93. The van der Waals surface area contributed by atoms with E-state index in [0.717, 1.165) is 0 Å². The Kier molecular flexibility index (Phi) is 4.53. The standard InChI is InChI=1S/C15H18N2O3/c1-10(2)16-7-8-17-15(19)14-9-12(18)11-5-3-4-6-13(11)20-14/h3-6,9-10,16H,7-8H2,1-2H3,(H,17,19). The van der Waals surface area contributed by atoms with Gasteiger partial charge >= 0.3 is 0 Å². The van der Waals surface area contributed by atoms with E-state index in [1.54, 1.807) is 24.3 Å². The lowest BCUT2D eigenvalue weighted by molar-refractivity contribution is 0.0926. The van der Waals surface area contributed by atoms with Crippen molar-refractivity contribution in [2.24, 2.45) is 0 Å². The van der Waals surface area contributed by atoms with Crippen LogP contribution < -0.4 is 16.1 Å². The molecule has 0 atom stereocenters. The van der Waals surface area contributed by atoms with E-state index >= 15 is 0 Å². The summed E-state index contributed by atoms with van der Waals surface area (Å²) < 4.78 is 5.45. The maximum Gasteiger partial charge on any atom is 0.287 e. The fourth-order valence-corrected chi connectivity index (χ4v) is 1.84. The number of fused-ring (bicyclic) bond motifs is 1. The van der Waals surface area contributed by atoms with Gasteiger partial charge in [-0.25, -0.2) is 0 Å². The van der Waals surface area contributed by atoms with E-state index in [1.807, 2.05) is 13.8 Å². The summed E-state index contributed by atoms with van der Waals surface area (Å²) in [4.78, 5) is 23.8. The molecule has 106 valence electrons. The summed E-state index contributed by atoms with van der Waals surface area (Å²) in [6, 6.07) is 8.47. The number of carbonyl (C=O) groups is 1. The third-order valence-corrected chi connectivity index (χ3v) is 2.82. The summed E-state index contributed by atoms with van der Waals surface area (Å²) in [5.41, 5.74) is 0.211. The Hall–Kier alpha value is -2.14. The zero-order valence-electron chi connectivity index (χ0n) is 11.6. The first-order valence-corrected chi connectivity index (χ1v) is 6.62. The molecule has 1 aromatic carbocycles. The predicted octanol–water partition coefficient (Wildman–Crippen LogP) is 1.52. The summed E-state index contributed by atoms with van der Waals surface area (Å²) >= 11 is 0. The Morgan fingerprint density at radius 2 is 2.00 bits per heavy atom. The first-order valence-electron chi connectivity index (χ1n) is 6.62. The van der Waals surface area contributed by atoms with Crippen LogP contribution in [0.2, 0.25) is 0 Å². The van der Waals surface area contributed by atoms with Crippen molar-refractivity contribution in [2.45, 2.75) is 19.9 Å². The molecule has 0 saturated heterocycles. The van der Waals surface area contributed by atoms with E-state index in [1.165, 1.54) is 6.07 Å². The van der Waals surface area contributed by atoms with Gasteiger partial charge < -0.3 is 15.1 Å². The van der Waals surface area contributed by atoms with Gasteiger partial charge in [-0.15, -0.1) is 0 Å². The number of hydrogen-bond donors (Lipinski definition) is 2. The van der Waals surface area contributed by atoms with Crippen LogP contribution in [-0.4, -0.2) is 25.0 Å². The quantitative estimate of drug-likeness (QED) is 0.811. The zero-order valence-corrected chi connectivity index (χ0v) is 11.6. The van der Waals surface area contributed by atoms with Crippen LogP contribution in [0.15, 0.2) is 39.5 Å². The second-order valence-electron chi connectivity index (χ2n) is 4.84. The first-order chi connectivity index (χ1) is 9.58. The first kappa shape index (κ1) is 14.3. The van der Waals surface area contributed by atoms with Gasteiger partial charge in [-0.3, -0.25) is 9.59 Å². The van der Waals surface area contributed by atoms with Gasteiger partial charge in [-0.1, -0.05) is 26.0 Å². The van der Waals surface area contributed by atoms with Gasteiger partial charge in [0.2, 0.25) is 0 Å². The molecule has 2 rings (SSSR count). The van der Waals surface area contributed by atoms with Crippen molar-refractivity contribution in [3.63, 3.8) is 0 Å². The van der Waals surface area contributed by atoms with Crippen LogP contribution >= 0.6 is 0 Å². The molecule has 2 N–H and O–H groups in total. The van der Waals surface area contributed by atoms with Gasteiger partial charge in [0.1, 0.15) is 5.58 Å². The highest BCUT2D eigenvalue weighted by Gasteiger charge is 2.11. The number of hydrogen-bond acceptors (Lipinski definition) is 4. The van der Waals surface area contributed by atoms with Crippen LogP contribution in [0.5, 0.6) is 0 Å². The smallest absolute Gasteiger partial charge is 0.287 e. The summed E-state index contributed by atoms with van der Waals surface area (Å²) in [5, 5.41) is 6.38. The van der Waals surface area contributed by atoms with Crippen molar-refractivity contribution < 1.29 is 9.21 Å². The van der Waals surface area contributed by atoms with Crippen molar-refractivity contribution in [2.75, 3.05) is 13.1 Å². The van der Waals surface area contributed by atoms with Crippen molar-refractivity contribution in [3.05, 3.63) is 46.3 Å². The monoisotopic (exact) mass is 274 g/mol. The van der Waals surface area contributed by atoms with Gasteiger partial charge in [0, 0.05) is 25.2 Å². The van der Waals surface area contributed by atoms with Gasteiger partial charge in [-0.2, -0.15) is 0 Å². The average molecular weight is 274 g/mol.